The van der Waals surface area contributed by atoms with E-state index in [1.807, 2.05) is 50.2 Å². The van der Waals surface area contributed by atoms with E-state index in [1.165, 1.54) is 0 Å². The number of H-pyrrole nitrogens is 1. The number of nitrogen functional groups attached to an aromatic ring is 1. The summed E-state index contributed by atoms with van der Waals surface area (Å²) in [6, 6.07) is 24.9. The van der Waals surface area contributed by atoms with E-state index in [1.54, 1.807) is 6.20 Å². The lowest BCUT2D eigenvalue weighted by atomic mass is 9.85. The van der Waals surface area contributed by atoms with Gasteiger partial charge in [-0.1, -0.05) is 48.5 Å². The summed E-state index contributed by atoms with van der Waals surface area (Å²) in [4.78, 5) is 4.54. The number of nitrogens with two attached hydrogens (primary N) is 1. The highest BCUT2D eigenvalue weighted by Gasteiger charge is 2.19. The maximum absolute atomic E-state index is 9.40. The van der Waals surface area contributed by atoms with Gasteiger partial charge in [-0.2, -0.15) is 10.4 Å². The molecule has 5 heteroatoms. The average Bonchev–Trinajstić information content (AvgIpc) is 3.25. The fourth-order valence-electron chi connectivity index (χ4n) is 4.10. The Hall–Kier alpha value is -4.17. The van der Waals surface area contributed by atoms with Gasteiger partial charge in [-0.25, -0.2) is 0 Å². The van der Waals surface area contributed by atoms with Crippen LogP contribution >= 0.6 is 0 Å². The highest BCUT2D eigenvalue weighted by Crippen LogP contribution is 2.32. The quantitative estimate of drug-likeness (QED) is 0.389. The maximum atomic E-state index is 9.40. The van der Waals surface area contributed by atoms with E-state index in [0.717, 1.165) is 49.8 Å². The van der Waals surface area contributed by atoms with Gasteiger partial charge in [0.25, 0.3) is 0 Å². The topological polar surface area (TPSA) is 91.4 Å². The van der Waals surface area contributed by atoms with E-state index < -0.39 is 5.41 Å². The first-order valence-electron chi connectivity index (χ1n) is 10.6. The van der Waals surface area contributed by atoms with Crippen molar-refractivity contribution < 1.29 is 0 Å². The van der Waals surface area contributed by atoms with Crippen LogP contribution in [0.15, 0.2) is 72.9 Å². The second-order valence-corrected chi connectivity index (χ2v) is 8.65. The van der Waals surface area contributed by atoms with E-state index in [-0.39, 0.29) is 0 Å². The van der Waals surface area contributed by atoms with Gasteiger partial charge in [0.15, 0.2) is 0 Å². The first-order valence-corrected chi connectivity index (χ1v) is 10.6. The van der Waals surface area contributed by atoms with Crippen LogP contribution in [0.1, 0.15) is 30.5 Å². The summed E-state index contributed by atoms with van der Waals surface area (Å²) in [5.74, 6) is 0. The summed E-state index contributed by atoms with van der Waals surface area (Å²) in [5.41, 5.74) is 13.6. The number of anilines is 1. The smallest absolute Gasteiger partial charge is 0.0999 e. The van der Waals surface area contributed by atoms with Crippen molar-refractivity contribution in [2.24, 2.45) is 0 Å². The van der Waals surface area contributed by atoms with Gasteiger partial charge in [-0.05, 0) is 48.7 Å². The van der Waals surface area contributed by atoms with Crippen LogP contribution in [0.4, 0.5) is 5.69 Å². The highest BCUT2D eigenvalue weighted by molar-refractivity contribution is 5.96. The predicted molar refractivity (Wildman–Crippen MR) is 129 cm³/mol. The summed E-state index contributed by atoms with van der Waals surface area (Å²) in [6.07, 6.45) is 2.41. The Morgan fingerprint density at radius 2 is 1.78 bits per heavy atom. The van der Waals surface area contributed by atoms with Crippen molar-refractivity contribution >= 4 is 27.5 Å². The lowest BCUT2D eigenvalue weighted by molar-refractivity contribution is 0.686. The molecule has 0 aliphatic rings. The molecule has 0 aliphatic heterocycles. The van der Waals surface area contributed by atoms with Gasteiger partial charge in [0.1, 0.15) is 0 Å². The number of nitrogens with one attached hydrogen (secondary N) is 1. The zero-order chi connectivity index (χ0) is 22.3. The van der Waals surface area contributed by atoms with Gasteiger partial charge < -0.3 is 5.73 Å². The number of pyridine rings is 1. The molecule has 0 saturated heterocycles. The summed E-state index contributed by atoms with van der Waals surface area (Å²) in [6.45, 7) is 3.85. The predicted octanol–water partition coefficient (Wildman–Crippen LogP) is 5.75. The minimum Gasteiger partial charge on any atom is -0.397 e. The standard InChI is InChI=1S/C27H23N5/c1-27(2,16-28)19-10-7-17(8-11-19)13-21-22-14-18(9-12-24(22)30-15-23(21)29)26-20-5-3-4-6-25(20)31-32-26/h3-12,14-15H,13,29H2,1-2H3,(H,31,32). The number of benzene rings is 3. The number of hydrogen-bond acceptors (Lipinski definition) is 4. The van der Waals surface area contributed by atoms with Gasteiger partial charge in [0, 0.05) is 22.8 Å². The lowest BCUT2D eigenvalue weighted by Gasteiger charge is -2.16. The Labute approximate surface area is 186 Å². The fourth-order valence-corrected chi connectivity index (χ4v) is 4.10. The van der Waals surface area contributed by atoms with E-state index in [9.17, 15) is 5.26 Å². The van der Waals surface area contributed by atoms with Gasteiger partial charge in [0.2, 0.25) is 0 Å². The molecule has 156 valence electrons. The molecule has 2 heterocycles. The Kier molecular flexibility index (Phi) is 4.64. The van der Waals surface area contributed by atoms with Gasteiger partial charge in [-0.15, -0.1) is 0 Å². The largest absolute Gasteiger partial charge is 0.397 e. The molecule has 0 aliphatic carbocycles. The summed E-state index contributed by atoms with van der Waals surface area (Å²) < 4.78 is 0. The number of aromatic nitrogens is 3. The fraction of sp³-hybridized carbons (Fsp3) is 0.148. The molecule has 0 atom stereocenters. The molecule has 2 aromatic heterocycles. The van der Waals surface area contributed by atoms with Crippen molar-refractivity contribution in [2.75, 3.05) is 5.73 Å². The molecule has 0 amide bonds. The molecule has 0 bridgehead atoms. The molecule has 0 fully saturated rings. The van der Waals surface area contributed by atoms with Crippen LogP contribution in [0.25, 0.3) is 33.1 Å². The number of para-hydroxylation sites is 1. The molecule has 3 N–H and O–H groups in total. The van der Waals surface area contributed by atoms with Gasteiger partial charge >= 0.3 is 0 Å². The van der Waals surface area contributed by atoms with Crippen molar-refractivity contribution in [2.45, 2.75) is 25.7 Å². The van der Waals surface area contributed by atoms with Crippen molar-refractivity contribution in [1.82, 2.24) is 15.2 Å². The average molecular weight is 418 g/mol. The van der Waals surface area contributed by atoms with Crippen LogP contribution in [0.5, 0.6) is 0 Å². The van der Waals surface area contributed by atoms with Crippen molar-refractivity contribution in [3.8, 4) is 17.3 Å². The molecule has 0 unspecified atom stereocenters. The minimum atomic E-state index is -0.512. The van der Waals surface area contributed by atoms with Gasteiger partial charge in [0.05, 0.1) is 40.1 Å². The SMILES string of the molecule is CC(C)(C#N)c1ccc(Cc2c(N)cnc3ccc(-c4n[nH]c5ccccc45)cc23)cc1. The normalized spacial score (nSPS) is 11.7. The van der Waals surface area contributed by atoms with Gasteiger partial charge in [-0.3, -0.25) is 10.1 Å². The number of fused-ring (bicyclic) bond motifs is 2. The molecular formula is C27H23N5. The van der Waals surface area contributed by atoms with Crippen molar-refractivity contribution in [3.05, 3.63) is 89.6 Å². The van der Waals surface area contributed by atoms with Crippen LogP contribution in [-0.4, -0.2) is 15.2 Å². The number of rotatable bonds is 4. The second kappa shape index (κ2) is 7.51. The van der Waals surface area contributed by atoms with Crippen LogP contribution in [0, 0.1) is 11.3 Å². The first kappa shape index (κ1) is 19.8. The molecule has 0 radical (unpaired) electrons. The molecule has 5 nitrogen and oxygen atoms in total. The van der Waals surface area contributed by atoms with Crippen LogP contribution < -0.4 is 5.73 Å². The third kappa shape index (κ3) is 3.36. The Bertz CT molecular complexity index is 1490. The lowest BCUT2D eigenvalue weighted by Crippen LogP contribution is -2.13. The van der Waals surface area contributed by atoms with E-state index >= 15 is 0 Å². The molecular weight excluding hydrogens is 394 g/mol. The Balaban J connectivity index is 1.58. The molecule has 0 spiro atoms. The Morgan fingerprint density at radius 3 is 2.56 bits per heavy atom. The van der Waals surface area contributed by atoms with Crippen molar-refractivity contribution in [3.63, 3.8) is 0 Å². The summed E-state index contributed by atoms with van der Waals surface area (Å²) >= 11 is 0. The van der Waals surface area contributed by atoms with Crippen LogP contribution in [-0.2, 0) is 11.8 Å². The van der Waals surface area contributed by atoms with E-state index in [2.05, 4.69) is 51.6 Å². The number of nitriles is 1. The number of hydrogen-bond donors (Lipinski definition) is 2. The van der Waals surface area contributed by atoms with E-state index in [4.69, 9.17) is 5.73 Å². The maximum Gasteiger partial charge on any atom is 0.0999 e. The first-order chi connectivity index (χ1) is 15.5. The molecule has 3 aromatic carbocycles. The van der Waals surface area contributed by atoms with E-state index in [0.29, 0.717) is 12.1 Å². The number of aromatic amines is 1. The molecule has 5 aromatic rings. The third-order valence-electron chi connectivity index (χ3n) is 6.09. The van der Waals surface area contributed by atoms with Crippen LogP contribution in [0.2, 0.25) is 0 Å². The second-order valence-electron chi connectivity index (χ2n) is 8.65. The summed E-state index contributed by atoms with van der Waals surface area (Å²) in [5, 5.41) is 19.2. The molecule has 5 rings (SSSR count). The third-order valence-corrected chi connectivity index (χ3v) is 6.09. The highest BCUT2D eigenvalue weighted by atomic mass is 15.1. The molecule has 32 heavy (non-hydrogen) atoms. The summed E-state index contributed by atoms with van der Waals surface area (Å²) in [7, 11) is 0. The monoisotopic (exact) mass is 417 g/mol. The molecule has 0 saturated carbocycles. The Morgan fingerprint density at radius 1 is 1.00 bits per heavy atom. The zero-order valence-corrected chi connectivity index (χ0v) is 18.1. The number of nitrogens with zero attached hydrogens (tertiary/aromatic N) is 3. The van der Waals surface area contributed by atoms with Crippen molar-refractivity contribution in [1.29, 1.82) is 5.26 Å². The zero-order valence-electron chi connectivity index (χ0n) is 18.1. The van der Waals surface area contributed by atoms with Crippen LogP contribution in [0.3, 0.4) is 0 Å². The minimum absolute atomic E-state index is 0.512.